The Balaban J connectivity index is 1.50. The molecule has 0 saturated heterocycles. The van der Waals surface area contributed by atoms with Crippen LogP contribution in [0.25, 0.3) is 11.0 Å². The second kappa shape index (κ2) is 6.09. The molecule has 0 atom stereocenters. The molecule has 1 heterocycles. The van der Waals surface area contributed by atoms with Crippen LogP contribution in [0.2, 0.25) is 0 Å². The molecule has 0 aliphatic heterocycles. The highest BCUT2D eigenvalue weighted by Crippen LogP contribution is 2.12. The highest BCUT2D eigenvalue weighted by molar-refractivity contribution is 5.75. The maximum atomic E-state index is 11.6. The molecule has 0 aliphatic rings. The van der Waals surface area contributed by atoms with Gasteiger partial charge in [-0.1, -0.05) is 24.3 Å². The summed E-state index contributed by atoms with van der Waals surface area (Å²) in [6, 6.07) is 15.0. The average Bonchev–Trinajstić information content (AvgIpc) is 2.96. The molecule has 0 saturated carbocycles. The molecule has 0 aliphatic carbocycles. The molecule has 3 aromatic rings. The lowest BCUT2D eigenvalue weighted by Gasteiger charge is -2.06. The predicted octanol–water partition coefficient (Wildman–Crippen LogP) is 2.89. The number of carbonyl (C=O) groups is 1. The van der Waals surface area contributed by atoms with Gasteiger partial charge < -0.3 is 15.0 Å². The van der Waals surface area contributed by atoms with Crippen molar-refractivity contribution < 1.29 is 9.53 Å². The fourth-order valence-electron chi connectivity index (χ4n) is 2.08. The molecule has 0 spiro atoms. The van der Waals surface area contributed by atoms with Crippen LogP contribution >= 0.6 is 0 Å². The zero-order valence-corrected chi connectivity index (χ0v) is 11.4. The maximum Gasteiger partial charge on any atom is 0.412 e. The first-order valence-electron chi connectivity index (χ1n) is 6.74. The van der Waals surface area contributed by atoms with E-state index in [4.69, 9.17) is 4.74 Å². The highest BCUT2D eigenvalue weighted by atomic mass is 16.5. The Morgan fingerprint density at radius 3 is 2.90 bits per heavy atom. The molecule has 0 fully saturated rings. The van der Waals surface area contributed by atoms with Gasteiger partial charge in [-0.15, -0.1) is 0 Å². The van der Waals surface area contributed by atoms with E-state index in [2.05, 4.69) is 15.3 Å². The Bertz CT molecular complexity index is 737. The van der Waals surface area contributed by atoms with Crippen LogP contribution in [0.4, 0.5) is 4.79 Å². The summed E-state index contributed by atoms with van der Waals surface area (Å²) >= 11 is 0. The number of nitrogens with zero attached hydrogens (tertiary/aromatic N) is 1. The predicted molar refractivity (Wildman–Crippen MR) is 80.3 cm³/mol. The molecule has 21 heavy (non-hydrogen) atoms. The number of imidazole rings is 1. The number of para-hydroxylation sites is 1. The molecular weight excluding hydrogens is 266 g/mol. The van der Waals surface area contributed by atoms with E-state index in [-0.39, 0.29) is 0 Å². The lowest BCUT2D eigenvalue weighted by molar-refractivity contribution is 0.200. The summed E-state index contributed by atoms with van der Waals surface area (Å²) < 4.78 is 5.14. The highest BCUT2D eigenvalue weighted by Gasteiger charge is 2.04. The lowest BCUT2D eigenvalue weighted by atomic mass is 10.1. The van der Waals surface area contributed by atoms with Crippen molar-refractivity contribution in [3.63, 3.8) is 0 Å². The minimum atomic E-state index is -0.441. The molecular formula is C16H15N3O2. The maximum absolute atomic E-state index is 11.6. The fourth-order valence-corrected chi connectivity index (χ4v) is 2.08. The summed E-state index contributed by atoms with van der Waals surface area (Å²) in [7, 11) is 0. The zero-order valence-electron chi connectivity index (χ0n) is 11.4. The lowest BCUT2D eigenvalue weighted by Crippen LogP contribution is -2.28. The number of ether oxygens (including phenoxy) is 1. The zero-order chi connectivity index (χ0) is 14.5. The number of aromatic amines is 1. The minimum Gasteiger partial charge on any atom is -0.410 e. The quantitative estimate of drug-likeness (QED) is 0.772. The third kappa shape index (κ3) is 3.39. The van der Waals surface area contributed by atoms with E-state index >= 15 is 0 Å². The fraction of sp³-hybridized carbons (Fsp3) is 0.125. The number of benzene rings is 2. The van der Waals surface area contributed by atoms with E-state index in [0.717, 1.165) is 23.0 Å². The third-order valence-electron chi connectivity index (χ3n) is 3.12. The second-order valence-electron chi connectivity index (χ2n) is 4.63. The van der Waals surface area contributed by atoms with Crippen LogP contribution in [0.3, 0.4) is 0 Å². The molecule has 0 radical (unpaired) electrons. The van der Waals surface area contributed by atoms with Crippen molar-refractivity contribution in [2.24, 2.45) is 0 Å². The molecule has 0 bridgehead atoms. The van der Waals surface area contributed by atoms with Crippen molar-refractivity contribution in [1.82, 2.24) is 15.3 Å². The molecule has 2 aromatic carbocycles. The largest absolute Gasteiger partial charge is 0.412 e. The number of hydrogen-bond acceptors (Lipinski definition) is 3. The average molecular weight is 281 g/mol. The van der Waals surface area contributed by atoms with Crippen molar-refractivity contribution in [3.8, 4) is 5.75 Å². The van der Waals surface area contributed by atoms with Gasteiger partial charge in [0.25, 0.3) is 0 Å². The third-order valence-corrected chi connectivity index (χ3v) is 3.12. The SMILES string of the molecule is O=C(NCCc1ccc2nc[nH]c2c1)Oc1ccccc1. The Kier molecular flexibility index (Phi) is 3.82. The van der Waals surface area contributed by atoms with Crippen molar-refractivity contribution in [2.45, 2.75) is 6.42 Å². The minimum absolute atomic E-state index is 0.441. The smallest absolute Gasteiger partial charge is 0.410 e. The van der Waals surface area contributed by atoms with Gasteiger partial charge in [0.05, 0.1) is 17.4 Å². The van der Waals surface area contributed by atoms with Crippen LogP contribution in [0.1, 0.15) is 5.56 Å². The number of nitrogens with one attached hydrogen (secondary N) is 2. The summed E-state index contributed by atoms with van der Waals surface area (Å²) in [5, 5.41) is 2.73. The van der Waals surface area contributed by atoms with Crippen molar-refractivity contribution in [3.05, 3.63) is 60.4 Å². The van der Waals surface area contributed by atoms with Gasteiger partial charge in [-0.2, -0.15) is 0 Å². The van der Waals surface area contributed by atoms with E-state index in [1.807, 2.05) is 36.4 Å². The molecule has 3 rings (SSSR count). The van der Waals surface area contributed by atoms with Gasteiger partial charge >= 0.3 is 6.09 Å². The van der Waals surface area contributed by atoms with Gasteiger partial charge in [-0.05, 0) is 36.2 Å². The monoisotopic (exact) mass is 281 g/mol. The Morgan fingerprint density at radius 1 is 1.19 bits per heavy atom. The van der Waals surface area contributed by atoms with Crippen molar-refractivity contribution in [1.29, 1.82) is 0 Å². The number of hydrogen-bond donors (Lipinski definition) is 2. The van der Waals surface area contributed by atoms with E-state index in [1.54, 1.807) is 18.5 Å². The summed E-state index contributed by atoms with van der Waals surface area (Å²) in [5.74, 6) is 0.536. The number of amides is 1. The molecule has 1 aromatic heterocycles. The Hall–Kier alpha value is -2.82. The van der Waals surface area contributed by atoms with Crippen LogP contribution in [-0.2, 0) is 6.42 Å². The van der Waals surface area contributed by atoms with Crippen LogP contribution in [0.15, 0.2) is 54.9 Å². The molecule has 5 heteroatoms. The van der Waals surface area contributed by atoms with Crippen LogP contribution in [0, 0.1) is 0 Å². The first-order valence-corrected chi connectivity index (χ1v) is 6.74. The molecule has 5 nitrogen and oxygen atoms in total. The number of carbonyl (C=O) groups excluding carboxylic acids is 1. The van der Waals surface area contributed by atoms with E-state index in [9.17, 15) is 4.79 Å². The van der Waals surface area contributed by atoms with E-state index in [1.165, 1.54) is 0 Å². The molecule has 106 valence electrons. The summed E-state index contributed by atoms with van der Waals surface area (Å²) in [4.78, 5) is 18.9. The number of rotatable bonds is 4. The van der Waals surface area contributed by atoms with Crippen LogP contribution in [-0.4, -0.2) is 22.6 Å². The van der Waals surface area contributed by atoms with Gasteiger partial charge in [-0.3, -0.25) is 0 Å². The normalized spacial score (nSPS) is 10.5. The number of fused-ring (bicyclic) bond motifs is 1. The molecule has 0 unspecified atom stereocenters. The van der Waals surface area contributed by atoms with Crippen LogP contribution in [0.5, 0.6) is 5.75 Å². The topological polar surface area (TPSA) is 67.0 Å². The van der Waals surface area contributed by atoms with Crippen LogP contribution < -0.4 is 10.1 Å². The van der Waals surface area contributed by atoms with E-state index in [0.29, 0.717) is 12.3 Å². The number of H-pyrrole nitrogens is 1. The van der Waals surface area contributed by atoms with Gasteiger partial charge in [0, 0.05) is 6.54 Å². The first-order chi connectivity index (χ1) is 10.3. The standard InChI is InChI=1S/C16H15N3O2/c20-16(21-13-4-2-1-3-5-13)17-9-8-12-6-7-14-15(10-12)19-11-18-14/h1-7,10-11H,8-9H2,(H,17,20)(H,18,19). The first kappa shape index (κ1) is 13.2. The van der Waals surface area contributed by atoms with Gasteiger partial charge in [0.2, 0.25) is 0 Å². The second-order valence-corrected chi connectivity index (χ2v) is 4.63. The van der Waals surface area contributed by atoms with E-state index < -0.39 is 6.09 Å². The Morgan fingerprint density at radius 2 is 2.05 bits per heavy atom. The number of aromatic nitrogens is 2. The van der Waals surface area contributed by atoms with Gasteiger partial charge in [-0.25, -0.2) is 9.78 Å². The Labute approximate surface area is 122 Å². The molecule has 1 amide bonds. The summed E-state index contributed by atoms with van der Waals surface area (Å²) in [6.45, 7) is 0.519. The van der Waals surface area contributed by atoms with Crippen molar-refractivity contribution in [2.75, 3.05) is 6.54 Å². The van der Waals surface area contributed by atoms with Gasteiger partial charge in [0.15, 0.2) is 0 Å². The summed E-state index contributed by atoms with van der Waals surface area (Å²) in [5.41, 5.74) is 3.07. The summed E-state index contributed by atoms with van der Waals surface area (Å²) in [6.07, 6.45) is 1.96. The van der Waals surface area contributed by atoms with Crippen molar-refractivity contribution >= 4 is 17.1 Å². The van der Waals surface area contributed by atoms with Gasteiger partial charge in [0.1, 0.15) is 5.75 Å². The molecule has 2 N–H and O–H groups in total.